The van der Waals surface area contributed by atoms with Gasteiger partial charge in [0.25, 0.3) is 5.91 Å². The van der Waals surface area contributed by atoms with E-state index in [9.17, 15) is 4.79 Å². The molecule has 138 valence electrons. The first kappa shape index (κ1) is 16.3. The number of hydrogen-bond donors (Lipinski definition) is 1. The molecule has 4 heterocycles. The van der Waals surface area contributed by atoms with Crippen LogP contribution < -0.4 is 4.90 Å². The number of rotatable bonds is 3. The number of aromatic nitrogens is 3. The lowest BCUT2D eigenvalue weighted by Crippen LogP contribution is -2.64. The molecule has 0 radical (unpaired) electrons. The number of H-pyrrole nitrogens is 1. The summed E-state index contributed by atoms with van der Waals surface area (Å²) < 4.78 is 0. The Morgan fingerprint density at radius 1 is 1.04 bits per heavy atom. The first-order valence-corrected chi connectivity index (χ1v) is 9.40. The number of anilines is 1. The van der Waals surface area contributed by atoms with Crippen LogP contribution in [0.5, 0.6) is 0 Å². The Morgan fingerprint density at radius 2 is 1.81 bits per heavy atom. The molecular formula is C20H22N6O. The summed E-state index contributed by atoms with van der Waals surface area (Å²) in [5.41, 5.74) is 1.83. The number of amides is 1. The lowest BCUT2D eigenvalue weighted by Gasteiger charge is -2.48. The number of fused-ring (bicyclic) bond motifs is 1. The zero-order valence-electron chi connectivity index (χ0n) is 15.1. The quantitative estimate of drug-likeness (QED) is 0.767. The van der Waals surface area contributed by atoms with E-state index in [0.29, 0.717) is 6.04 Å². The minimum Gasteiger partial charge on any atom is -0.361 e. The maximum atomic E-state index is 12.7. The van der Waals surface area contributed by atoms with Crippen LogP contribution in [0.4, 0.5) is 5.95 Å². The van der Waals surface area contributed by atoms with Gasteiger partial charge in [0.15, 0.2) is 0 Å². The first-order chi connectivity index (χ1) is 13.3. The number of nitrogens with zero attached hydrogens (tertiary/aromatic N) is 5. The zero-order chi connectivity index (χ0) is 18.2. The highest BCUT2D eigenvalue weighted by Crippen LogP contribution is 2.22. The number of likely N-dealkylation sites (tertiary alicyclic amines) is 1. The van der Waals surface area contributed by atoms with Crippen LogP contribution in [-0.4, -0.2) is 76.0 Å². The molecule has 7 nitrogen and oxygen atoms in total. The molecule has 0 spiro atoms. The van der Waals surface area contributed by atoms with Gasteiger partial charge < -0.3 is 14.8 Å². The third kappa shape index (κ3) is 3.04. The maximum Gasteiger partial charge on any atom is 0.253 e. The minimum atomic E-state index is 0.130. The van der Waals surface area contributed by atoms with E-state index >= 15 is 0 Å². The van der Waals surface area contributed by atoms with Gasteiger partial charge in [0.1, 0.15) is 0 Å². The highest BCUT2D eigenvalue weighted by atomic mass is 16.2. The summed E-state index contributed by atoms with van der Waals surface area (Å²) in [5.74, 6) is 0.938. The second-order valence-corrected chi connectivity index (χ2v) is 7.22. The van der Waals surface area contributed by atoms with Crippen LogP contribution in [0, 0.1) is 0 Å². The monoisotopic (exact) mass is 362 g/mol. The topological polar surface area (TPSA) is 68.4 Å². The summed E-state index contributed by atoms with van der Waals surface area (Å²) in [5, 5.41) is 1.08. The summed E-state index contributed by atoms with van der Waals surface area (Å²) in [6.45, 7) is 5.45. The van der Waals surface area contributed by atoms with Crippen LogP contribution in [0.25, 0.3) is 10.9 Å². The van der Waals surface area contributed by atoms with E-state index in [4.69, 9.17) is 0 Å². The number of carbonyl (C=O) groups is 1. The molecule has 0 unspecified atom stereocenters. The third-order valence-electron chi connectivity index (χ3n) is 5.62. The summed E-state index contributed by atoms with van der Waals surface area (Å²) >= 11 is 0. The lowest BCUT2D eigenvalue weighted by molar-refractivity contribution is 0.0246. The molecule has 0 atom stereocenters. The molecule has 2 aliphatic rings. The second-order valence-electron chi connectivity index (χ2n) is 7.22. The molecule has 1 aromatic carbocycles. The number of aromatic amines is 1. The van der Waals surface area contributed by atoms with E-state index in [1.54, 1.807) is 12.4 Å². The Hall–Kier alpha value is -2.93. The Morgan fingerprint density at radius 3 is 2.59 bits per heavy atom. The fraction of sp³-hybridized carbons (Fsp3) is 0.350. The van der Waals surface area contributed by atoms with Crippen LogP contribution in [0.2, 0.25) is 0 Å². The first-order valence-electron chi connectivity index (χ1n) is 9.40. The predicted octanol–water partition coefficient (Wildman–Crippen LogP) is 1.60. The normalized spacial score (nSPS) is 18.7. The fourth-order valence-corrected chi connectivity index (χ4v) is 3.96. The van der Waals surface area contributed by atoms with Crippen molar-refractivity contribution in [3.63, 3.8) is 0 Å². The molecule has 0 aliphatic carbocycles. The Labute approximate surface area is 157 Å². The van der Waals surface area contributed by atoms with E-state index in [1.165, 1.54) is 0 Å². The molecular weight excluding hydrogens is 340 g/mol. The van der Waals surface area contributed by atoms with Gasteiger partial charge in [-0.2, -0.15) is 0 Å². The van der Waals surface area contributed by atoms with E-state index in [0.717, 1.165) is 61.7 Å². The summed E-state index contributed by atoms with van der Waals surface area (Å²) in [6.07, 6.45) is 5.47. The van der Waals surface area contributed by atoms with Crippen LogP contribution >= 0.6 is 0 Å². The highest BCUT2D eigenvalue weighted by molar-refractivity contribution is 5.98. The molecule has 2 aromatic heterocycles. The number of hydrogen-bond acceptors (Lipinski definition) is 5. The van der Waals surface area contributed by atoms with Crippen molar-refractivity contribution in [1.29, 1.82) is 0 Å². The van der Waals surface area contributed by atoms with Crippen molar-refractivity contribution < 1.29 is 4.79 Å². The lowest BCUT2D eigenvalue weighted by atomic mass is 10.0. The van der Waals surface area contributed by atoms with Crippen molar-refractivity contribution in [3.8, 4) is 0 Å². The molecule has 1 N–H and O–H groups in total. The maximum absolute atomic E-state index is 12.7. The van der Waals surface area contributed by atoms with Gasteiger partial charge in [-0.1, -0.05) is 0 Å². The summed E-state index contributed by atoms with van der Waals surface area (Å²) in [4.78, 5) is 31.2. The van der Waals surface area contributed by atoms with Crippen LogP contribution in [0.3, 0.4) is 0 Å². The van der Waals surface area contributed by atoms with Crippen LogP contribution in [-0.2, 0) is 0 Å². The predicted molar refractivity (Wildman–Crippen MR) is 104 cm³/mol. The highest BCUT2D eigenvalue weighted by Gasteiger charge is 2.36. The van der Waals surface area contributed by atoms with Crippen molar-refractivity contribution in [3.05, 3.63) is 54.5 Å². The molecule has 0 bridgehead atoms. The number of nitrogens with one attached hydrogen (secondary N) is 1. The molecule has 7 heteroatoms. The van der Waals surface area contributed by atoms with E-state index < -0.39 is 0 Å². The Kier molecular flexibility index (Phi) is 4.01. The van der Waals surface area contributed by atoms with Gasteiger partial charge in [-0.25, -0.2) is 9.97 Å². The minimum absolute atomic E-state index is 0.130. The van der Waals surface area contributed by atoms with Crippen molar-refractivity contribution in [1.82, 2.24) is 24.8 Å². The Bertz CT molecular complexity index is 941. The number of carbonyl (C=O) groups excluding carboxylic acids is 1. The van der Waals surface area contributed by atoms with Gasteiger partial charge in [-0.05, 0) is 30.3 Å². The standard InChI is InChI=1S/C20H22N6O/c27-19(16-2-3-18-15(12-16)4-7-21-18)26-13-17(14-26)24-8-10-25(11-9-24)20-22-5-1-6-23-20/h1-7,12,17,21H,8-11,13-14H2. The molecule has 2 aliphatic heterocycles. The van der Waals surface area contributed by atoms with Gasteiger partial charge in [-0.3, -0.25) is 9.69 Å². The van der Waals surface area contributed by atoms with Crippen LogP contribution in [0.15, 0.2) is 48.9 Å². The summed E-state index contributed by atoms with van der Waals surface area (Å²) in [7, 11) is 0. The van der Waals surface area contributed by atoms with Gasteiger partial charge in [0, 0.05) is 80.4 Å². The molecule has 1 amide bonds. The Balaban J connectivity index is 1.16. The number of benzene rings is 1. The molecule has 2 saturated heterocycles. The van der Waals surface area contributed by atoms with Crippen molar-refractivity contribution in [2.24, 2.45) is 0 Å². The summed E-state index contributed by atoms with van der Waals surface area (Å²) in [6, 6.07) is 10.2. The molecule has 5 rings (SSSR count). The SMILES string of the molecule is O=C(c1ccc2[nH]ccc2c1)N1CC(N2CCN(c3ncccn3)CC2)C1. The number of piperazine rings is 1. The van der Waals surface area contributed by atoms with E-state index in [-0.39, 0.29) is 5.91 Å². The smallest absolute Gasteiger partial charge is 0.253 e. The van der Waals surface area contributed by atoms with Gasteiger partial charge in [-0.15, -0.1) is 0 Å². The van der Waals surface area contributed by atoms with E-state index in [1.807, 2.05) is 41.4 Å². The second kappa shape index (κ2) is 6.66. The van der Waals surface area contributed by atoms with Crippen molar-refractivity contribution in [2.75, 3.05) is 44.2 Å². The fourth-order valence-electron chi connectivity index (χ4n) is 3.96. The van der Waals surface area contributed by atoms with Gasteiger partial charge >= 0.3 is 0 Å². The van der Waals surface area contributed by atoms with Gasteiger partial charge in [0.2, 0.25) is 5.95 Å². The van der Waals surface area contributed by atoms with Crippen molar-refractivity contribution in [2.45, 2.75) is 6.04 Å². The zero-order valence-corrected chi connectivity index (χ0v) is 15.1. The van der Waals surface area contributed by atoms with E-state index in [2.05, 4.69) is 24.8 Å². The third-order valence-corrected chi connectivity index (χ3v) is 5.62. The average molecular weight is 362 g/mol. The van der Waals surface area contributed by atoms with Crippen LogP contribution in [0.1, 0.15) is 10.4 Å². The molecule has 27 heavy (non-hydrogen) atoms. The molecule has 0 saturated carbocycles. The van der Waals surface area contributed by atoms with Gasteiger partial charge in [0.05, 0.1) is 0 Å². The molecule has 3 aromatic rings. The largest absolute Gasteiger partial charge is 0.361 e. The van der Waals surface area contributed by atoms with Crippen molar-refractivity contribution >= 4 is 22.8 Å². The average Bonchev–Trinajstić information content (AvgIpc) is 3.16. The molecule has 2 fully saturated rings.